The minimum atomic E-state index is -1.02. The van der Waals surface area contributed by atoms with Crippen molar-refractivity contribution in [1.82, 2.24) is 0 Å². The van der Waals surface area contributed by atoms with E-state index in [1.54, 1.807) is 19.1 Å². The molecule has 0 aromatic heterocycles. The lowest BCUT2D eigenvalue weighted by atomic mass is 10.2. The zero-order valence-corrected chi connectivity index (χ0v) is 12.8. The van der Waals surface area contributed by atoms with Crippen molar-refractivity contribution in [3.63, 3.8) is 0 Å². The normalized spacial score (nSPS) is 10.0. The van der Waals surface area contributed by atoms with Crippen LogP contribution in [0, 0.1) is 17.0 Å². The molecule has 0 aliphatic rings. The monoisotopic (exact) mass is 333 g/mol. The number of hydrogen-bond acceptors (Lipinski definition) is 4. The van der Waals surface area contributed by atoms with Gasteiger partial charge in [0.05, 0.1) is 4.92 Å². The van der Waals surface area contributed by atoms with Crippen LogP contribution >= 0.6 is 11.6 Å². The molecule has 0 atom stereocenters. The zero-order chi connectivity index (χ0) is 17.0. The van der Waals surface area contributed by atoms with Gasteiger partial charge in [0.15, 0.2) is 0 Å². The number of anilines is 2. The van der Waals surface area contributed by atoms with Crippen LogP contribution in [0.15, 0.2) is 42.5 Å². The molecule has 8 heteroatoms. The largest absolute Gasteiger partial charge is 0.317 e. The molecule has 2 rings (SSSR count). The number of rotatable bonds is 3. The van der Waals surface area contributed by atoms with E-state index in [0.29, 0.717) is 10.7 Å². The van der Waals surface area contributed by atoms with E-state index in [9.17, 15) is 19.7 Å². The standard InChI is InChI=1S/C15H12ClN3O4/c1-9-6-7-10(16)8-12(9)18-15(21)14(20)17-11-4-2-3-5-13(11)19(22)23/h2-8H,1H3,(H,17,20)(H,18,21). The molecule has 7 nitrogen and oxygen atoms in total. The summed E-state index contributed by atoms with van der Waals surface area (Å²) in [4.78, 5) is 34.1. The van der Waals surface area contributed by atoms with Gasteiger partial charge in [-0.3, -0.25) is 19.7 Å². The molecular weight excluding hydrogens is 322 g/mol. The minimum Gasteiger partial charge on any atom is -0.317 e. The SMILES string of the molecule is Cc1ccc(Cl)cc1NC(=O)C(=O)Nc1ccccc1[N+](=O)[O-]. The van der Waals surface area contributed by atoms with E-state index in [-0.39, 0.29) is 11.4 Å². The Balaban J connectivity index is 2.14. The Morgan fingerprint density at radius 3 is 2.30 bits per heavy atom. The number of aryl methyl sites for hydroxylation is 1. The first kappa shape index (κ1) is 16.4. The third-order valence-corrected chi connectivity index (χ3v) is 3.24. The number of hydrogen-bond donors (Lipinski definition) is 2. The Morgan fingerprint density at radius 1 is 1.04 bits per heavy atom. The lowest BCUT2D eigenvalue weighted by molar-refractivity contribution is -0.383. The Morgan fingerprint density at radius 2 is 1.65 bits per heavy atom. The van der Waals surface area contributed by atoms with Gasteiger partial charge in [0.1, 0.15) is 5.69 Å². The van der Waals surface area contributed by atoms with E-state index < -0.39 is 16.7 Å². The van der Waals surface area contributed by atoms with Gasteiger partial charge < -0.3 is 10.6 Å². The molecule has 118 valence electrons. The predicted molar refractivity (Wildman–Crippen MR) is 86.5 cm³/mol. The minimum absolute atomic E-state index is 0.0551. The van der Waals surface area contributed by atoms with Gasteiger partial charge in [-0.2, -0.15) is 0 Å². The highest BCUT2D eigenvalue weighted by atomic mass is 35.5. The third-order valence-electron chi connectivity index (χ3n) is 3.00. The van der Waals surface area contributed by atoms with Crippen LogP contribution in [0.5, 0.6) is 0 Å². The summed E-state index contributed by atoms with van der Waals surface area (Å²) in [6.07, 6.45) is 0. The summed E-state index contributed by atoms with van der Waals surface area (Å²) in [6.45, 7) is 1.74. The maximum atomic E-state index is 11.9. The van der Waals surface area contributed by atoms with Crippen molar-refractivity contribution in [2.24, 2.45) is 0 Å². The molecule has 0 aliphatic heterocycles. The molecule has 0 fully saturated rings. The topological polar surface area (TPSA) is 101 Å². The first-order chi connectivity index (χ1) is 10.9. The molecule has 0 heterocycles. The van der Waals surface area contributed by atoms with Crippen molar-refractivity contribution >= 4 is 40.5 Å². The van der Waals surface area contributed by atoms with Crippen LogP contribution in [-0.2, 0) is 9.59 Å². The molecule has 2 N–H and O–H groups in total. The summed E-state index contributed by atoms with van der Waals surface area (Å²) >= 11 is 5.84. The van der Waals surface area contributed by atoms with Gasteiger partial charge >= 0.3 is 11.8 Å². The smallest absolute Gasteiger partial charge is 0.314 e. The predicted octanol–water partition coefficient (Wildman–Crippen LogP) is 3.13. The number of para-hydroxylation sites is 2. The van der Waals surface area contributed by atoms with Crippen LogP contribution < -0.4 is 10.6 Å². The van der Waals surface area contributed by atoms with E-state index in [1.807, 2.05) is 0 Å². The molecule has 2 aromatic carbocycles. The summed E-state index contributed by atoms with van der Waals surface area (Å²) in [7, 11) is 0. The van der Waals surface area contributed by atoms with Crippen LogP contribution in [-0.4, -0.2) is 16.7 Å². The van der Waals surface area contributed by atoms with E-state index in [1.165, 1.54) is 30.3 Å². The van der Waals surface area contributed by atoms with Gasteiger partial charge in [-0.05, 0) is 30.7 Å². The average Bonchev–Trinajstić information content (AvgIpc) is 2.51. The van der Waals surface area contributed by atoms with Gasteiger partial charge in [0.25, 0.3) is 5.69 Å². The van der Waals surface area contributed by atoms with Gasteiger partial charge in [-0.15, -0.1) is 0 Å². The second kappa shape index (κ2) is 6.89. The number of nitrogens with one attached hydrogen (secondary N) is 2. The summed E-state index contributed by atoms with van der Waals surface area (Å²) < 4.78 is 0. The number of amides is 2. The number of carbonyl (C=O) groups excluding carboxylic acids is 2. The number of benzene rings is 2. The van der Waals surface area contributed by atoms with Crippen LogP contribution in [0.25, 0.3) is 0 Å². The van der Waals surface area contributed by atoms with Crippen molar-refractivity contribution < 1.29 is 14.5 Å². The fourth-order valence-electron chi connectivity index (χ4n) is 1.83. The second-order valence-electron chi connectivity index (χ2n) is 4.64. The van der Waals surface area contributed by atoms with Gasteiger partial charge in [-0.1, -0.05) is 29.8 Å². The molecule has 0 saturated heterocycles. The number of nitro groups is 1. The highest BCUT2D eigenvalue weighted by Crippen LogP contribution is 2.23. The average molecular weight is 334 g/mol. The Labute approximate surface area is 136 Å². The van der Waals surface area contributed by atoms with Crippen molar-refractivity contribution in [2.45, 2.75) is 6.92 Å². The molecular formula is C15H12ClN3O4. The van der Waals surface area contributed by atoms with E-state index in [4.69, 9.17) is 11.6 Å². The van der Waals surface area contributed by atoms with Crippen LogP contribution in [0.1, 0.15) is 5.56 Å². The van der Waals surface area contributed by atoms with Gasteiger partial charge in [0, 0.05) is 16.8 Å². The van der Waals surface area contributed by atoms with Crippen molar-refractivity contribution in [1.29, 1.82) is 0 Å². The number of carbonyl (C=O) groups is 2. The van der Waals surface area contributed by atoms with Gasteiger partial charge in [0.2, 0.25) is 0 Å². The molecule has 0 radical (unpaired) electrons. The Bertz CT molecular complexity index is 792. The third kappa shape index (κ3) is 4.04. The molecule has 0 bridgehead atoms. The molecule has 2 amide bonds. The maximum Gasteiger partial charge on any atom is 0.314 e. The fourth-order valence-corrected chi connectivity index (χ4v) is 2.00. The van der Waals surface area contributed by atoms with Crippen molar-refractivity contribution in [3.8, 4) is 0 Å². The van der Waals surface area contributed by atoms with E-state index >= 15 is 0 Å². The molecule has 23 heavy (non-hydrogen) atoms. The Hall–Kier alpha value is -2.93. The summed E-state index contributed by atoms with van der Waals surface area (Å²) in [5.74, 6) is -1.97. The van der Waals surface area contributed by atoms with Crippen molar-refractivity contribution in [2.75, 3.05) is 10.6 Å². The highest BCUT2D eigenvalue weighted by Gasteiger charge is 2.20. The second-order valence-corrected chi connectivity index (χ2v) is 5.08. The molecule has 0 unspecified atom stereocenters. The highest BCUT2D eigenvalue weighted by molar-refractivity contribution is 6.44. The summed E-state index contributed by atoms with van der Waals surface area (Å²) in [5.41, 5.74) is 0.759. The van der Waals surface area contributed by atoms with Crippen LogP contribution in [0.2, 0.25) is 5.02 Å². The van der Waals surface area contributed by atoms with E-state index in [2.05, 4.69) is 10.6 Å². The number of nitrogens with zero attached hydrogens (tertiary/aromatic N) is 1. The first-order valence-electron chi connectivity index (χ1n) is 6.50. The summed E-state index contributed by atoms with van der Waals surface area (Å²) in [6, 6.07) is 10.4. The van der Waals surface area contributed by atoms with Crippen LogP contribution in [0.4, 0.5) is 17.1 Å². The first-order valence-corrected chi connectivity index (χ1v) is 6.88. The Kier molecular flexibility index (Phi) is 4.92. The fraction of sp³-hybridized carbons (Fsp3) is 0.0667. The quantitative estimate of drug-likeness (QED) is 0.511. The van der Waals surface area contributed by atoms with E-state index in [0.717, 1.165) is 5.56 Å². The lowest BCUT2D eigenvalue weighted by Crippen LogP contribution is -2.29. The maximum absolute atomic E-state index is 11.9. The molecule has 0 aliphatic carbocycles. The molecule has 2 aromatic rings. The lowest BCUT2D eigenvalue weighted by Gasteiger charge is -2.09. The number of nitro benzene ring substituents is 1. The van der Waals surface area contributed by atoms with Crippen LogP contribution in [0.3, 0.4) is 0 Å². The van der Waals surface area contributed by atoms with Gasteiger partial charge in [-0.25, -0.2) is 0 Å². The summed E-state index contributed by atoms with van der Waals surface area (Å²) in [5, 5.41) is 15.9. The zero-order valence-electron chi connectivity index (χ0n) is 12.0. The number of halogens is 1. The van der Waals surface area contributed by atoms with Crippen molar-refractivity contribution in [3.05, 3.63) is 63.2 Å². The molecule has 0 saturated carbocycles. The molecule has 0 spiro atoms.